The van der Waals surface area contributed by atoms with E-state index in [9.17, 15) is 22.8 Å². The van der Waals surface area contributed by atoms with E-state index < -0.39 is 17.4 Å². The lowest BCUT2D eigenvalue weighted by atomic mass is 9.97. The monoisotopic (exact) mass is 454 g/mol. The fraction of sp³-hybridized carbons (Fsp3) is 0.368. The van der Waals surface area contributed by atoms with Gasteiger partial charge >= 0.3 is 6.18 Å². The van der Waals surface area contributed by atoms with E-state index in [4.69, 9.17) is 4.98 Å². The van der Waals surface area contributed by atoms with Gasteiger partial charge in [0.15, 0.2) is 10.9 Å². The number of benzene rings is 1. The molecule has 0 aliphatic carbocycles. The molecule has 6 nitrogen and oxygen atoms in total. The van der Waals surface area contributed by atoms with Crippen LogP contribution in [-0.4, -0.2) is 44.6 Å². The summed E-state index contributed by atoms with van der Waals surface area (Å²) < 4.78 is 39.5. The third-order valence-corrected chi connectivity index (χ3v) is 6.91. The highest BCUT2D eigenvalue weighted by atomic mass is 32.2. The lowest BCUT2D eigenvalue weighted by molar-refractivity contribution is -0.141. The zero-order chi connectivity index (χ0) is 21.3. The Hall–Kier alpha value is -2.40. The molecule has 11 heteroatoms. The van der Waals surface area contributed by atoms with Gasteiger partial charge in [0.05, 0.1) is 21.0 Å². The molecule has 0 unspecified atom stereocenters. The molecule has 3 heterocycles. The number of rotatable bonds is 4. The zero-order valence-electron chi connectivity index (χ0n) is 15.6. The van der Waals surface area contributed by atoms with Gasteiger partial charge in [-0.1, -0.05) is 23.9 Å². The Bertz CT molecular complexity index is 1090. The van der Waals surface area contributed by atoms with E-state index in [0.717, 1.165) is 39.8 Å². The lowest BCUT2D eigenvalue weighted by Gasteiger charge is -2.31. The molecule has 2 aromatic heterocycles. The quantitative estimate of drug-likeness (QED) is 0.478. The minimum Gasteiger partial charge on any atom is -0.342 e. The molecule has 0 saturated carbocycles. The number of piperidine rings is 1. The molecular formula is C19H17F3N4O2S2. The van der Waals surface area contributed by atoms with E-state index in [1.807, 2.05) is 24.3 Å². The average Bonchev–Trinajstić information content (AvgIpc) is 3.15. The van der Waals surface area contributed by atoms with E-state index >= 15 is 0 Å². The van der Waals surface area contributed by atoms with E-state index in [0.29, 0.717) is 25.1 Å². The van der Waals surface area contributed by atoms with Gasteiger partial charge in [-0.15, -0.1) is 11.3 Å². The Morgan fingerprint density at radius 3 is 2.67 bits per heavy atom. The highest BCUT2D eigenvalue weighted by Crippen LogP contribution is 2.34. The predicted octanol–water partition coefficient (Wildman–Crippen LogP) is 3.90. The minimum absolute atomic E-state index is 0.0872. The first-order valence-corrected chi connectivity index (χ1v) is 11.0. The number of hydrogen-bond acceptors (Lipinski definition) is 6. The van der Waals surface area contributed by atoms with Gasteiger partial charge in [-0.2, -0.15) is 13.2 Å². The van der Waals surface area contributed by atoms with Crippen molar-refractivity contribution < 1.29 is 18.0 Å². The maximum Gasteiger partial charge on any atom is 0.433 e. The van der Waals surface area contributed by atoms with Crippen molar-refractivity contribution in [2.45, 2.75) is 30.1 Å². The number of aromatic nitrogens is 3. The summed E-state index contributed by atoms with van der Waals surface area (Å²) in [5.74, 6) is 0.0131. The minimum atomic E-state index is -4.71. The van der Waals surface area contributed by atoms with Crippen LogP contribution in [0.1, 0.15) is 29.5 Å². The molecule has 0 bridgehead atoms. The van der Waals surface area contributed by atoms with Crippen LogP contribution in [-0.2, 0) is 11.0 Å². The van der Waals surface area contributed by atoms with Crippen LogP contribution in [0.3, 0.4) is 0 Å². The number of hydrogen-bond donors (Lipinski definition) is 1. The number of alkyl halides is 3. The van der Waals surface area contributed by atoms with Crippen molar-refractivity contribution in [3.63, 3.8) is 0 Å². The molecule has 1 fully saturated rings. The topological polar surface area (TPSA) is 79.0 Å². The van der Waals surface area contributed by atoms with Crippen LogP contribution >= 0.6 is 23.1 Å². The molecule has 1 saturated heterocycles. The molecule has 1 aromatic carbocycles. The molecule has 3 aromatic rings. The number of thioether (sulfide) groups is 1. The molecule has 1 amide bonds. The second-order valence-electron chi connectivity index (χ2n) is 6.90. The van der Waals surface area contributed by atoms with Gasteiger partial charge in [0.1, 0.15) is 0 Å². The van der Waals surface area contributed by atoms with Crippen LogP contribution in [0.25, 0.3) is 10.2 Å². The van der Waals surface area contributed by atoms with Gasteiger partial charge < -0.3 is 9.88 Å². The van der Waals surface area contributed by atoms with Gasteiger partial charge in [0.25, 0.3) is 5.56 Å². The highest BCUT2D eigenvalue weighted by molar-refractivity contribution is 7.99. The molecular weight excluding hydrogens is 437 g/mol. The highest BCUT2D eigenvalue weighted by Gasteiger charge is 2.33. The van der Waals surface area contributed by atoms with Crippen molar-refractivity contribution in [1.82, 2.24) is 19.9 Å². The van der Waals surface area contributed by atoms with E-state index in [1.54, 1.807) is 16.2 Å². The number of para-hydroxylation sites is 1. The number of H-pyrrole nitrogens is 1. The number of likely N-dealkylation sites (tertiary alicyclic amines) is 1. The molecule has 0 radical (unpaired) electrons. The predicted molar refractivity (Wildman–Crippen MR) is 109 cm³/mol. The zero-order valence-corrected chi connectivity index (χ0v) is 17.2. The first-order valence-electron chi connectivity index (χ1n) is 9.24. The van der Waals surface area contributed by atoms with Crippen molar-refractivity contribution in [1.29, 1.82) is 0 Å². The molecule has 0 spiro atoms. The molecule has 1 aliphatic rings. The molecule has 4 rings (SSSR count). The maximum atomic E-state index is 12.8. The Labute approximate surface area is 177 Å². The molecule has 158 valence electrons. The molecule has 1 aliphatic heterocycles. The van der Waals surface area contributed by atoms with Gasteiger partial charge in [-0.25, -0.2) is 9.97 Å². The molecule has 0 atom stereocenters. The van der Waals surface area contributed by atoms with Gasteiger partial charge in [-0.05, 0) is 25.0 Å². The Kier molecular flexibility index (Phi) is 5.83. The van der Waals surface area contributed by atoms with Gasteiger partial charge in [-0.3, -0.25) is 9.59 Å². The summed E-state index contributed by atoms with van der Waals surface area (Å²) in [5.41, 5.74) is -1.18. The van der Waals surface area contributed by atoms with Crippen LogP contribution in [0.15, 0.2) is 40.3 Å². The number of halogens is 3. The third kappa shape index (κ3) is 4.67. The van der Waals surface area contributed by atoms with Gasteiger partial charge in [0.2, 0.25) is 5.91 Å². The number of fused-ring (bicyclic) bond motifs is 1. The largest absolute Gasteiger partial charge is 0.433 e. The SMILES string of the molecule is O=C(CSc1nc(C(F)(F)F)cc(=O)[nH]1)N1CCC(c2nc3ccccc3s2)CC1. The summed E-state index contributed by atoms with van der Waals surface area (Å²) in [4.78, 5) is 35.9. The Balaban J connectivity index is 1.33. The normalized spacial score (nSPS) is 15.6. The van der Waals surface area contributed by atoms with E-state index in [1.165, 1.54) is 0 Å². The van der Waals surface area contributed by atoms with Crippen LogP contribution in [0.2, 0.25) is 0 Å². The molecule has 1 N–H and O–H groups in total. The fourth-order valence-corrected chi connectivity index (χ4v) is 5.23. The number of amides is 1. The summed E-state index contributed by atoms with van der Waals surface area (Å²) in [5, 5.41) is 0.857. The smallest absolute Gasteiger partial charge is 0.342 e. The van der Waals surface area contributed by atoms with Crippen molar-refractivity contribution in [3.8, 4) is 0 Å². The fourth-order valence-electron chi connectivity index (χ4n) is 3.31. The standard InChI is InChI=1S/C19H17F3N4O2S2/c20-19(21,22)14-9-15(27)25-18(24-14)29-10-16(28)26-7-5-11(6-8-26)17-23-12-3-1-2-4-13(12)30-17/h1-4,9,11H,5-8,10H2,(H,24,25,27). The van der Waals surface area contributed by atoms with Crippen molar-refractivity contribution in [2.75, 3.05) is 18.8 Å². The van der Waals surface area contributed by atoms with Crippen LogP contribution in [0, 0.1) is 0 Å². The number of aromatic amines is 1. The van der Waals surface area contributed by atoms with E-state index in [2.05, 4.69) is 9.97 Å². The summed E-state index contributed by atoms with van der Waals surface area (Å²) in [7, 11) is 0. The Morgan fingerprint density at radius 2 is 1.97 bits per heavy atom. The third-order valence-electron chi connectivity index (χ3n) is 4.85. The summed E-state index contributed by atoms with van der Waals surface area (Å²) in [6.45, 7) is 1.12. The number of thiazole rings is 1. The maximum absolute atomic E-state index is 12.8. The Morgan fingerprint density at radius 1 is 1.23 bits per heavy atom. The van der Waals surface area contributed by atoms with Gasteiger partial charge in [0, 0.05) is 25.1 Å². The molecule has 30 heavy (non-hydrogen) atoms. The average molecular weight is 454 g/mol. The van der Waals surface area contributed by atoms with Crippen molar-refractivity contribution >= 4 is 39.2 Å². The van der Waals surface area contributed by atoms with E-state index in [-0.39, 0.29) is 16.8 Å². The van der Waals surface area contributed by atoms with Crippen LogP contribution < -0.4 is 5.56 Å². The number of nitrogens with one attached hydrogen (secondary N) is 1. The number of carbonyl (C=O) groups is 1. The number of nitrogens with zero attached hydrogens (tertiary/aromatic N) is 3. The van der Waals surface area contributed by atoms with Crippen LogP contribution in [0.4, 0.5) is 13.2 Å². The summed E-state index contributed by atoms with van der Waals surface area (Å²) in [6.07, 6.45) is -3.14. The van der Waals surface area contributed by atoms with Crippen molar-refractivity contribution in [2.24, 2.45) is 0 Å². The summed E-state index contributed by atoms with van der Waals surface area (Å²) in [6, 6.07) is 8.36. The second-order valence-corrected chi connectivity index (χ2v) is 8.92. The van der Waals surface area contributed by atoms with Crippen LogP contribution in [0.5, 0.6) is 0 Å². The van der Waals surface area contributed by atoms with Crippen molar-refractivity contribution in [3.05, 3.63) is 51.4 Å². The first-order chi connectivity index (χ1) is 14.3. The number of carbonyl (C=O) groups excluding carboxylic acids is 1. The second kappa shape index (κ2) is 8.38. The lowest BCUT2D eigenvalue weighted by Crippen LogP contribution is -2.39. The first kappa shape index (κ1) is 20.9. The summed E-state index contributed by atoms with van der Waals surface area (Å²) >= 11 is 2.47.